The first-order valence-electron chi connectivity index (χ1n) is 8.00. The predicted molar refractivity (Wildman–Crippen MR) is 96.8 cm³/mol. The molecule has 0 spiro atoms. The Labute approximate surface area is 150 Å². The van der Waals surface area contributed by atoms with Crippen LogP contribution >= 0.6 is 0 Å². The maximum Gasteiger partial charge on any atom is 0.262 e. The molecule has 3 aromatic carbocycles. The maximum absolute atomic E-state index is 13.1. The van der Waals surface area contributed by atoms with Crippen LogP contribution in [-0.2, 0) is 4.79 Å². The number of hydrogen-bond donors (Lipinski definition) is 1. The van der Waals surface area contributed by atoms with Gasteiger partial charge in [0.05, 0.1) is 5.69 Å². The van der Waals surface area contributed by atoms with Crippen molar-refractivity contribution in [3.8, 4) is 5.75 Å². The van der Waals surface area contributed by atoms with Crippen molar-refractivity contribution < 1.29 is 18.7 Å². The fourth-order valence-electron chi connectivity index (χ4n) is 2.43. The van der Waals surface area contributed by atoms with Crippen LogP contribution in [0.15, 0.2) is 78.9 Å². The average Bonchev–Trinajstić information content (AvgIpc) is 2.67. The molecule has 0 heterocycles. The van der Waals surface area contributed by atoms with Gasteiger partial charge in [0.2, 0.25) is 0 Å². The molecule has 5 heteroatoms. The van der Waals surface area contributed by atoms with Gasteiger partial charge in [0.25, 0.3) is 5.91 Å². The molecule has 1 N–H and O–H groups in total. The Morgan fingerprint density at radius 3 is 2.38 bits per heavy atom. The van der Waals surface area contributed by atoms with E-state index in [1.165, 1.54) is 18.2 Å². The third kappa shape index (κ3) is 4.33. The third-order valence-electron chi connectivity index (χ3n) is 3.65. The van der Waals surface area contributed by atoms with Crippen LogP contribution in [0.2, 0.25) is 0 Å². The minimum atomic E-state index is -0.443. The van der Waals surface area contributed by atoms with E-state index in [1.807, 2.05) is 6.07 Å². The van der Waals surface area contributed by atoms with Gasteiger partial charge in [0.15, 0.2) is 12.4 Å². The third-order valence-corrected chi connectivity index (χ3v) is 3.65. The molecule has 3 rings (SSSR count). The number of ether oxygens (including phenoxy) is 1. The van der Waals surface area contributed by atoms with Gasteiger partial charge < -0.3 is 10.1 Å². The number of benzene rings is 3. The molecule has 0 aliphatic carbocycles. The zero-order valence-electron chi connectivity index (χ0n) is 13.8. The summed E-state index contributed by atoms with van der Waals surface area (Å²) in [6, 6.07) is 21.1. The number of ketones is 1. The summed E-state index contributed by atoms with van der Waals surface area (Å²) < 4.78 is 18.4. The molecular weight excluding hydrogens is 333 g/mol. The van der Waals surface area contributed by atoms with Crippen LogP contribution in [0, 0.1) is 5.82 Å². The van der Waals surface area contributed by atoms with E-state index in [0.29, 0.717) is 16.8 Å². The molecule has 0 saturated heterocycles. The zero-order chi connectivity index (χ0) is 18.4. The summed E-state index contributed by atoms with van der Waals surface area (Å²) in [7, 11) is 0. The average molecular weight is 349 g/mol. The maximum atomic E-state index is 13.1. The van der Waals surface area contributed by atoms with Gasteiger partial charge in [-0.25, -0.2) is 4.39 Å². The van der Waals surface area contributed by atoms with Crippen LogP contribution in [0.4, 0.5) is 10.1 Å². The van der Waals surface area contributed by atoms with Gasteiger partial charge in [-0.3, -0.25) is 9.59 Å². The van der Waals surface area contributed by atoms with Gasteiger partial charge in [0, 0.05) is 17.2 Å². The molecule has 3 aromatic rings. The van der Waals surface area contributed by atoms with Crippen molar-refractivity contribution in [1.82, 2.24) is 0 Å². The quantitative estimate of drug-likeness (QED) is 0.683. The lowest BCUT2D eigenvalue weighted by atomic mass is 10.0. The van der Waals surface area contributed by atoms with Gasteiger partial charge in [-0.2, -0.15) is 0 Å². The summed E-state index contributed by atoms with van der Waals surface area (Å²) in [5, 5.41) is 2.67. The van der Waals surface area contributed by atoms with Crippen LogP contribution in [-0.4, -0.2) is 18.3 Å². The van der Waals surface area contributed by atoms with Crippen LogP contribution in [0.3, 0.4) is 0 Å². The van der Waals surface area contributed by atoms with Crippen LogP contribution in [0.25, 0.3) is 0 Å². The first kappa shape index (κ1) is 17.4. The molecule has 0 radical (unpaired) electrons. The Hall–Kier alpha value is -3.47. The minimum Gasteiger partial charge on any atom is -0.484 e. The first-order chi connectivity index (χ1) is 12.6. The minimum absolute atomic E-state index is 0.187. The van der Waals surface area contributed by atoms with Crippen molar-refractivity contribution in [2.24, 2.45) is 0 Å². The monoisotopic (exact) mass is 349 g/mol. The fourth-order valence-corrected chi connectivity index (χ4v) is 2.43. The molecule has 0 aliphatic rings. The molecule has 4 nitrogen and oxygen atoms in total. The topological polar surface area (TPSA) is 55.4 Å². The molecule has 0 aliphatic heterocycles. The van der Waals surface area contributed by atoms with Gasteiger partial charge >= 0.3 is 0 Å². The highest BCUT2D eigenvalue weighted by molar-refractivity contribution is 6.13. The Kier molecular flexibility index (Phi) is 5.39. The van der Waals surface area contributed by atoms with Gasteiger partial charge in [-0.1, -0.05) is 48.5 Å². The molecule has 130 valence electrons. The lowest BCUT2D eigenvalue weighted by Gasteiger charge is -2.11. The van der Waals surface area contributed by atoms with E-state index in [-0.39, 0.29) is 18.1 Å². The number of hydrogen-bond acceptors (Lipinski definition) is 3. The molecule has 0 aromatic heterocycles. The van der Waals surface area contributed by atoms with Crippen molar-refractivity contribution in [2.45, 2.75) is 0 Å². The highest BCUT2D eigenvalue weighted by Gasteiger charge is 2.15. The molecule has 1 amide bonds. The fraction of sp³-hybridized carbons (Fsp3) is 0.0476. The number of anilines is 1. The second-order valence-electron chi connectivity index (χ2n) is 5.53. The molecule has 0 fully saturated rings. The first-order valence-corrected chi connectivity index (χ1v) is 8.00. The van der Waals surface area contributed by atoms with Crippen LogP contribution in [0.5, 0.6) is 5.75 Å². The van der Waals surface area contributed by atoms with E-state index in [0.717, 1.165) is 0 Å². The number of halogens is 1. The highest BCUT2D eigenvalue weighted by atomic mass is 19.1. The summed E-state index contributed by atoms with van der Waals surface area (Å²) in [5.41, 5.74) is 1.32. The Balaban J connectivity index is 1.70. The normalized spacial score (nSPS) is 10.2. The second kappa shape index (κ2) is 8.07. The molecule has 0 unspecified atom stereocenters. The Morgan fingerprint density at radius 1 is 0.885 bits per heavy atom. The highest BCUT2D eigenvalue weighted by Crippen LogP contribution is 2.19. The van der Waals surface area contributed by atoms with Crippen molar-refractivity contribution in [3.05, 3.63) is 95.8 Å². The van der Waals surface area contributed by atoms with Crippen LogP contribution < -0.4 is 10.1 Å². The zero-order valence-corrected chi connectivity index (χ0v) is 13.8. The van der Waals surface area contributed by atoms with E-state index in [9.17, 15) is 14.0 Å². The van der Waals surface area contributed by atoms with Crippen molar-refractivity contribution >= 4 is 17.4 Å². The summed E-state index contributed by atoms with van der Waals surface area (Å²) >= 11 is 0. The van der Waals surface area contributed by atoms with Crippen molar-refractivity contribution in [2.75, 3.05) is 11.9 Å². The number of carbonyl (C=O) groups is 2. The number of carbonyl (C=O) groups excluding carboxylic acids is 2. The molecule has 0 saturated carbocycles. The van der Waals surface area contributed by atoms with E-state index in [4.69, 9.17) is 4.74 Å². The number of amides is 1. The second-order valence-corrected chi connectivity index (χ2v) is 5.53. The van der Waals surface area contributed by atoms with E-state index >= 15 is 0 Å². The summed E-state index contributed by atoms with van der Waals surface area (Å²) in [4.78, 5) is 24.8. The lowest BCUT2D eigenvalue weighted by molar-refractivity contribution is -0.118. The largest absolute Gasteiger partial charge is 0.484 e. The van der Waals surface area contributed by atoms with E-state index in [1.54, 1.807) is 54.6 Å². The summed E-state index contributed by atoms with van der Waals surface area (Å²) in [5.74, 6) is -0.814. The number of para-hydroxylation sites is 1. The van der Waals surface area contributed by atoms with Gasteiger partial charge in [-0.15, -0.1) is 0 Å². The molecule has 0 bridgehead atoms. The molecule has 0 atom stereocenters. The smallest absolute Gasteiger partial charge is 0.262 e. The molecular formula is C21H16FNO3. The summed E-state index contributed by atoms with van der Waals surface area (Å²) in [6.07, 6.45) is 0. The Morgan fingerprint density at radius 2 is 1.62 bits per heavy atom. The molecule has 26 heavy (non-hydrogen) atoms. The van der Waals surface area contributed by atoms with E-state index in [2.05, 4.69) is 5.32 Å². The lowest BCUT2D eigenvalue weighted by Crippen LogP contribution is -2.21. The summed E-state index contributed by atoms with van der Waals surface area (Å²) in [6.45, 7) is -0.294. The number of rotatable bonds is 6. The predicted octanol–water partition coefficient (Wildman–Crippen LogP) is 4.07. The van der Waals surface area contributed by atoms with Crippen molar-refractivity contribution in [3.63, 3.8) is 0 Å². The van der Waals surface area contributed by atoms with Gasteiger partial charge in [0.1, 0.15) is 11.6 Å². The van der Waals surface area contributed by atoms with Gasteiger partial charge in [-0.05, 0) is 24.3 Å². The van der Waals surface area contributed by atoms with Crippen LogP contribution in [0.1, 0.15) is 15.9 Å². The Bertz CT molecular complexity index is 925. The van der Waals surface area contributed by atoms with Crippen molar-refractivity contribution in [1.29, 1.82) is 0 Å². The number of nitrogens with one attached hydrogen (secondary N) is 1. The standard InChI is InChI=1S/C21H16FNO3/c22-16-9-6-10-17(13-16)26-14-20(24)23-19-12-5-4-11-18(19)21(25)15-7-2-1-3-8-15/h1-13H,14H2,(H,23,24). The van der Waals surface area contributed by atoms with E-state index < -0.39 is 11.7 Å². The SMILES string of the molecule is O=C(COc1cccc(F)c1)Nc1ccccc1C(=O)c1ccccc1.